The summed E-state index contributed by atoms with van der Waals surface area (Å²) in [6.07, 6.45) is 15.1. The Labute approximate surface area is 156 Å². The molecule has 0 saturated heterocycles. The lowest BCUT2D eigenvalue weighted by Crippen LogP contribution is -2.30. The molecular formula is C22H32FNO2. The van der Waals surface area contributed by atoms with Gasteiger partial charge in [0.2, 0.25) is 5.95 Å². The van der Waals surface area contributed by atoms with E-state index in [4.69, 9.17) is 4.74 Å². The molecular weight excluding hydrogens is 329 g/mol. The number of hydrogen-bond acceptors (Lipinski definition) is 3. The normalized spacial score (nSPS) is 29.3. The maximum absolute atomic E-state index is 12.8. The molecule has 0 spiro atoms. The van der Waals surface area contributed by atoms with Gasteiger partial charge in [0.25, 0.3) is 0 Å². The molecule has 1 aromatic rings. The first-order valence-electron chi connectivity index (χ1n) is 10.5. The van der Waals surface area contributed by atoms with Gasteiger partial charge in [-0.3, -0.25) is 4.79 Å². The Morgan fingerprint density at radius 3 is 2.31 bits per heavy atom. The van der Waals surface area contributed by atoms with E-state index in [1.807, 2.05) is 0 Å². The van der Waals surface area contributed by atoms with Crippen LogP contribution < -0.4 is 4.74 Å². The molecule has 2 fully saturated rings. The summed E-state index contributed by atoms with van der Waals surface area (Å²) in [6.45, 7) is 2.28. The maximum atomic E-state index is 12.8. The third-order valence-corrected chi connectivity index (χ3v) is 6.55. The number of ether oxygens (including phenoxy) is 1. The summed E-state index contributed by atoms with van der Waals surface area (Å²) in [6, 6.07) is 2.68. The fourth-order valence-electron chi connectivity index (χ4n) is 4.89. The molecule has 0 bridgehead atoms. The van der Waals surface area contributed by atoms with Gasteiger partial charge in [-0.25, -0.2) is 4.98 Å². The summed E-state index contributed by atoms with van der Waals surface area (Å²) in [5, 5.41) is 0. The van der Waals surface area contributed by atoms with Gasteiger partial charge in [-0.1, -0.05) is 39.0 Å². The third kappa shape index (κ3) is 5.28. The number of unbranched alkanes of at least 4 members (excludes halogenated alkanes) is 1. The van der Waals surface area contributed by atoms with Gasteiger partial charge in [0, 0.05) is 0 Å². The standard InChI is InChI=1S/C22H32FNO2/c1-2-3-4-16-5-7-17(8-6-16)18-9-11-19(12-10-18)22(25)26-20-13-14-21(23)24-15-20/h13-19H,2-12H2,1H3. The first kappa shape index (κ1) is 19.3. The summed E-state index contributed by atoms with van der Waals surface area (Å²) in [4.78, 5) is 15.9. The van der Waals surface area contributed by atoms with Crippen molar-refractivity contribution in [3.63, 3.8) is 0 Å². The van der Waals surface area contributed by atoms with Crippen LogP contribution in [0.3, 0.4) is 0 Å². The lowest BCUT2D eigenvalue weighted by atomic mass is 9.68. The van der Waals surface area contributed by atoms with Gasteiger partial charge in [0.1, 0.15) is 5.75 Å². The van der Waals surface area contributed by atoms with Crippen molar-refractivity contribution in [1.29, 1.82) is 0 Å². The number of hydrogen-bond donors (Lipinski definition) is 0. The largest absolute Gasteiger partial charge is 0.425 e. The van der Waals surface area contributed by atoms with Crippen LogP contribution in [0.1, 0.15) is 77.6 Å². The van der Waals surface area contributed by atoms with Crippen LogP contribution in [-0.2, 0) is 4.79 Å². The third-order valence-electron chi connectivity index (χ3n) is 6.55. The Balaban J connectivity index is 1.40. The highest BCUT2D eigenvalue weighted by molar-refractivity contribution is 5.75. The minimum Gasteiger partial charge on any atom is -0.425 e. The molecule has 26 heavy (non-hydrogen) atoms. The van der Waals surface area contributed by atoms with Crippen LogP contribution in [0.4, 0.5) is 4.39 Å². The van der Waals surface area contributed by atoms with Crippen LogP contribution in [0.5, 0.6) is 5.75 Å². The molecule has 0 aliphatic heterocycles. The molecule has 4 heteroatoms. The Morgan fingerprint density at radius 1 is 1.08 bits per heavy atom. The van der Waals surface area contributed by atoms with Gasteiger partial charge >= 0.3 is 5.97 Å². The minimum atomic E-state index is -0.560. The molecule has 3 rings (SSSR count). The second kappa shape index (κ2) is 9.48. The van der Waals surface area contributed by atoms with E-state index in [0.717, 1.165) is 43.4 Å². The molecule has 1 heterocycles. The van der Waals surface area contributed by atoms with Crippen LogP contribution in [-0.4, -0.2) is 11.0 Å². The van der Waals surface area contributed by atoms with Gasteiger partial charge in [-0.2, -0.15) is 4.39 Å². The van der Waals surface area contributed by atoms with Gasteiger partial charge in [0.15, 0.2) is 0 Å². The average molecular weight is 362 g/mol. The van der Waals surface area contributed by atoms with Crippen LogP contribution in [0.2, 0.25) is 0 Å². The Morgan fingerprint density at radius 2 is 1.73 bits per heavy atom. The van der Waals surface area contributed by atoms with Crippen molar-refractivity contribution in [2.45, 2.75) is 77.6 Å². The zero-order valence-electron chi connectivity index (χ0n) is 16.0. The number of aromatic nitrogens is 1. The zero-order chi connectivity index (χ0) is 18.4. The van der Waals surface area contributed by atoms with E-state index in [-0.39, 0.29) is 11.9 Å². The summed E-state index contributed by atoms with van der Waals surface area (Å²) >= 11 is 0. The van der Waals surface area contributed by atoms with Crippen molar-refractivity contribution in [2.75, 3.05) is 0 Å². The Hall–Kier alpha value is -1.45. The molecule has 2 saturated carbocycles. The molecule has 1 aromatic heterocycles. The molecule has 2 aliphatic rings. The number of rotatable bonds is 6. The number of pyridine rings is 1. The molecule has 144 valence electrons. The molecule has 0 amide bonds. The van der Waals surface area contributed by atoms with E-state index in [2.05, 4.69) is 11.9 Å². The first-order chi connectivity index (χ1) is 12.7. The average Bonchev–Trinajstić information content (AvgIpc) is 2.68. The topological polar surface area (TPSA) is 39.2 Å². The molecule has 2 aliphatic carbocycles. The van der Waals surface area contributed by atoms with Crippen molar-refractivity contribution in [1.82, 2.24) is 4.98 Å². The first-order valence-corrected chi connectivity index (χ1v) is 10.5. The van der Waals surface area contributed by atoms with Crippen molar-refractivity contribution < 1.29 is 13.9 Å². The van der Waals surface area contributed by atoms with Crippen LogP contribution in [0, 0.1) is 29.6 Å². The van der Waals surface area contributed by atoms with E-state index >= 15 is 0 Å². The van der Waals surface area contributed by atoms with Crippen LogP contribution in [0.15, 0.2) is 18.3 Å². The highest BCUT2D eigenvalue weighted by Gasteiger charge is 2.33. The monoisotopic (exact) mass is 361 g/mol. The molecule has 0 atom stereocenters. The Kier molecular flexibility index (Phi) is 7.04. The number of nitrogens with zero attached hydrogens (tertiary/aromatic N) is 1. The summed E-state index contributed by atoms with van der Waals surface area (Å²) in [7, 11) is 0. The summed E-state index contributed by atoms with van der Waals surface area (Å²) in [5.41, 5.74) is 0. The fourth-order valence-corrected chi connectivity index (χ4v) is 4.89. The van der Waals surface area contributed by atoms with E-state index < -0.39 is 5.95 Å². The van der Waals surface area contributed by atoms with E-state index in [0.29, 0.717) is 5.75 Å². The minimum absolute atomic E-state index is 0.0165. The number of halogens is 1. The van der Waals surface area contributed by atoms with Crippen molar-refractivity contribution in [2.24, 2.45) is 23.7 Å². The van der Waals surface area contributed by atoms with Gasteiger partial charge in [0.05, 0.1) is 12.1 Å². The fraction of sp³-hybridized carbons (Fsp3) is 0.727. The van der Waals surface area contributed by atoms with E-state index in [1.165, 1.54) is 63.3 Å². The second-order valence-corrected chi connectivity index (χ2v) is 8.27. The summed E-state index contributed by atoms with van der Waals surface area (Å²) < 4.78 is 18.2. The summed E-state index contributed by atoms with van der Waals surface area (Å²) in [5.74, 6) is 2.20. The van der Waals surface area contributed by atoms with Gasteiger partial charge in [-0.05, 0) is 68.4 Å². The zero-order valence-corrected chi connectivity index (χ0v) is 16.0. The Bertz CT molecular complexity index is 558. The predicted molar refractivity (Wildman–Crippen MR) is 100 cm³/mol. The second-order valence-electron chi connectivity index (χ2n) is 8.27. The number of carbonyl (C=O) groups is 1. The number of carbonyl (C=O) groups excluding carboxylic acids is 1. The van der Waals surface area contributed by atoms with E-state index in [9.17, 15) is 9.18 Å². The van der Waals surface area contributed by atoms with Gasteiger partial charge in [-0.15, -0.1) is 0 Å². The molecule has 3 nitrogen and oxygen atoms in total. The smallest absolute Gasteiger partial charge is 0.314 e. The quantitative estimate of drug-likeness (QED) is 0.466. The van der Waals surface area contributed by atoms with Gasteiger partial charge < -0.3 is 4.74 Å². The SMILES string of the molecule is CCCCC1CCC(C2CCC(C(=O)Oc3ccc(F)nc3)CC2)CC1. The maximum Gasteiger partial charge on any atom is 0.314 e. The predicted octanol–water partition coefficient (Wildman–Crippen LogP) is 5.93. The molecule has 0 N–H and O–H groups in total. The van der Waals surface area contributed by atoms with Crippen molar-refractivity contribution in [3.05, 3.63) is 24.3 Å². The van der Waals surface area contributed by atoms with E-state index in [1.54, 1.807) is 0 Å². The number of esters is 1. The molecule has 0 unspecified atom stereocenters. The van der Waals surface area contributed by atoms with Crippen LogP contribution >= 0.6 is 0 Å². The lowest BCUT2D eigenvalue weighted by Gasteiger charge is -2.37. The van der Waals surface area contributed by atoms with Crippen molar-refractivity contribution >= 4 is 5.97 Å². The van der Waals surface area contributed by atoms with Crippen LogP contribution in [0.25, 0.3) is 0 Å². The lowest BCUT2D eigenvalue weighted by molar-refractivity contribution is -0.140. The molecule has 0 radical (unpaired) electrons. The van der Waals surface area contributed by atoms with Crippen molar-refractivity contribution in [3.8, 4) is 5.75 Å². The highest BCUT2D eigenvalue weighted by Crippen LogP contribution is 2.42. The molecule has 0 aromatic carbocycles. The highest BCUT2D eigenvalue weighted by atomic mass is 19.1.